The van der Waals surface area contributed by atoms with Gasteiger partial charge in [0.1, 0.15) is 0 Å². The minimum absolute atomic E-state index is 0.108. The summed E-state index contributed by atoms with van der Waals surface area (Å²) in [6.45, 7) is 4.63. The van der Waals surface area contributed by atoms with E-state index in [0.29, 0.717) is 12.1 Å². The zero-order valence-electron chi connectivity index (χ0n) is 17.8. The number of benzene rings is 1. The SMILES string of the molecule is CCCCCCCCCCC(C)CCC(CC(=NO)c1ccccc1)OC. The Balaban J connectivity index is 2.19. The van der Waals surface area contributed by atoms with E-state index >= 15 is 0 Å². The summed E-state index contributed by atoms with van der Waals surface area (Å²) in [5.41, 5.74) is 1.67. The summed E-state index contributed by atoms with van der Waals surface area (Å²) in [5, 5.41) is 12.9. The smallest absolute Gasteiger partial charge is 0.0893 e. The second-order valence-corrected chi connectivity index (χ2v) is 7.92. The fourth-order valence-electron chi connectivity index (χ4n) is 3.61. The number of oxime groups is 1. The normalized spacial score (nSPS) is 14.3. The molecule has 0 radical (unpaired) electrons. The molecule has 27 heavy (non-hydrogen) atoms. The van der Waals surface area contributed by atoms with Gasteiger partial charge >= 0.3 is 0 Å². The van der Waals surface area contributed by atoms with Crippen molar-refractivity contribution in [1.29, 1.82) is 0 Å². The van der Waals surface area contributed by atoms with Gasteiger partial charge in [0.25, 0.3) is 0 Å². The molecule has 2 atom stereocenters. The van der Waals surface area contributed by atoms with Crippen molar-refractivity contribution in [2.24, 2.45) is 11.1 Å². The number of rotatable bonds is 16. The van der Waals surface area contributed by atoms with Crippen LogP contribution < -0.4 is 0 Å². The Morgan fingerprint density at radius 3 is 2.15 bits per heavy atom. The van der Waals surface area contributed by atoms with Crippen molar-refractivity contribution in [3.63, 3.8) is 0 Å². The topological polar surface area (TPSA) is 41.8 Å². The highest BCUT2D eigenvalue weighted by Crippen LogP contribution is 2.20. The van der Waals surface area contributed by atoms with Gasteiger partial charge in [0, 0.05) is 13.5 Å². The molecule has 3 heteroatoms. The molecule has 1 aromatic rings. The second-order valence-electron chi connectivity index (χ2n) is 7.92. The summed E-state index contributed by atoms with van der Waals surface area (Å²) in [6.07, 6.45) is 15.3. The van der Waals surface area contributed by atoms with E-state index in [4.69, 9.17) is 4.74 Å². The van der Waals surface area contributed by atoms with Crippen molar-refractivity contribution in [2.45, 2.75) is 97.0 Å². The summed E-state index contributed by atoms with van der Waals surface area (Å²) in [7, 11) is 1.76. The second kappa shape index (κ2) is 15.7. The fraction of sp³-hybridized carbons (Fsp3) is 0.708. The zero-order valence-corrected chi connectivity index (χ0v) is 17.8. The molecule has 1 N–H and O–H groups in total. The van der Waals surface area contributed by atoms with Crippen molar-refractivity contribution in [3.05, 3.63) is 35.9 Å². The Morgan fingerprint density at radius 1 is 0.926 bits per heavy atom. The predicted molar refractivity (Wildman–Crippen MR) is 116 cm³/mol. The monoisotopic (exact) mass is 375 g/mol. The van der Waals surface area contributed by atoms with Crippen LogP contribution in [0, 0.1) is 5.92 Å². The summed E-state index contributed by atoms with van der Waals surface area (Å²) >= 11 is 0. The Hall–Kier alpha value is -1.35. The highest BCUT2D eigenvalue weighted by Gasteiger charge is 2.15. The molecule has 0 aliphatic heterocycles. The van der Waals surface area contributed by atoms with E-state index in [1.807, 2.05) is 30.3 Å². The molecule has 154 valence electrons. The number of ether oxygens (including phenoxy) is 1. The van der Waals surface area contributed by atoms with Crippen LogP contribution in [-0.4, -0.2) is 24.1 Å². The summed E-state index contributed by atoms with van der Waals surface area (Å²) in [5.74, 6) is 0.731. The van der Waals surface area contributed by atoms with Crippen LogP contribution in [0.2, 0.25) is 0 Å². The molecule has 0 heterocycles. The van der Waals surface area contributed by atoms with Crippen molar-refractivity contribution in [3.8, 4) is 0 Å². The highest BCUT2D eigenvalue weighted by atomic mass is 16.5. The summed E-state index contributed by atoms with van der Waals surface area (Å²) < 4.78 is 5.65. The van der Waals surface area contributed by atoms with Gasteiger partial charge in [-0.1, -0.05) is 107 Å². The quantitative estimate of drug-likeness (QED) is 0.143. The number of nitrogens with zero attached hydrogens (tertiary/aromatic N) is 1. The molecule has 3 nitrogen and oxygen atoms in total. The molecule has 2 unspecified atom stereocenters. The maximum Gasteiger partial charge on any atom is 0.0893 e. The van der Waals surface area contributed by atoms with Crippen LogP contribution in [0.1, 0.15) is 96.5 Å². The van der Waals surface area contributed by atoms with Gasteiger partial charge in [-0.15, -0.1) is 0 Å². The molecule has 0 saturated carbocycles. The van der Waals surface area contributed by atoms with E-state index in [-0.39, 0.29) is 6.10 Å². The molecule has 0 fully saturated rings. The Kier molecular flexibility index (Phi) is 13.8. The Bertz CT molecular complexity index is 486. The van der Waals surface area contributed by atoms with Crippen LogP contribution in [0.3, 0.4) is 0 Å². The summed E-state index contributed by atoms with van der Waals surface area (Å²) in [4.78, 5) is 0. The standard InChI is InChI=1S/C24H41NO2/c1-4-5-6-7-8-9-10-12-15-21(2)18-19-23(27-3)20-24(25-26)22-16-13-11-14-17-22/h11,13-14,16-17,21,23,26H,4-10,12,15,18-20H2,1-3H3. The number of hydrogen-bond acceptors (Lipinski definition) is 3. The van der Waals surface area contributed by atoms with Crippen molar-refractivity contribution < 1.29 is 9.94 Å². The average Bonchev–Trinajstić information content (AvgIpc) is 2.71. The Morgan fingerprint density at radius 2 is 1.56 bits per heavy atom. The van der Waals surface area contributed by atoms with Crippen molar-refractivity contribution in [2.75, 3.05) is 7.11 Å². The maximum atomic E-state index is 9.37. The molecular formula is C24H41NO2. The van der Waals surface area contributed by atoms with E-state index in [1.54, 1.807) is 7.11 Å². The lowest BCUT2D eigenvalue weighted by atomic mass is 9.94. The van der Waals surface area contributed by atoms with Gasteiger partial charge in [-0.3, -0.25) is 0 Å². The van der Waals surface area contributed by atoms with Crippen LogP contribution in [0.15, 0.2) is 35.5 Å². The summed E-state index contributed by atoms with van der Waals surface area (Å²) in [6, 6.07) is 9.86. The third-order valence-corrected chi connectivity index (χ3v) is 5.51. The first-order valence-electron chi connectivity index (χ1n) is 11.0. The van der Waals surface area contributed by atoms with Crippen LogP contribution in [0.4, 0.5) is 0 Å². The molecule has 0 spiro atoms. The third kappa shape index (κ3) is 11.2. The van der Waals surface area contributed by atoms with Crippen LogP contribution >= 0.6 is 0 Å². The van der Waals surface area contributed by atoms with E-state index in [2.05, 4.69) is 19.0 Å². The minimum Gasteiger partial charge on any atom is -0.411 e. The number of methoxy groups -OCH3 is 1. The zero-order chi connectivity index (χ0) is 19.7. The lowest BCUT2D eigenvalue weighted by Gasteiger charge is -2.18. The van der Waals surface area contributed by atoms with E-state index in [9.17, 15) is 5.21 Å². The van der Waals surface area contributed by atoms with Gasteiger partial charge in [0.2, 0.25) is 0 Å². The fourth-order valence-corrected chi connectivity index (χ4v) is 3.61. The third-order valence-electron chi connectivity index (χ3n) is 5.51. The first kappa shape index (κ1) is 23.7. The van der Waals surface area contributed by atoms with Gasteiger partial charge < -0.3 is 9.94 Å². The van der Waals surface area contributed by atoms with Gasteiger partial charge in [0.05, 0.1) is 11.8 Å². The van der Waals surface area contributed by atoms with Crippen molar-refractivity contribution in [1.82, 2.24) is 0 Å². The molecular weight excluding hydrogens is 334 g/mol. The van der Waals surface area contributed by atoms with Crippen LogP contribution in [0.25, 0.3) is 0 Å². The van der Waals surface area contributed by atoms with E-state index < -0.39 is 0 Å². The molecule has 0 bridgehead atoms. The average molecular weight is 376 g/mol. The first-order valence-corrected chi connectivity index (χ1v) is 11.0. The van der Waals surface area contributed by atoms with Gasteiger partial charge in [-0.2, -0.15) is 0 Å². The molecule has 0 amide bonds. The highest BCUT2D eigenvalue weighted by molar-refractivity contribution is 6.00. The molecule has 1 aromatic carbocycles. The van der Waals surface area contributed by atoms with Gasteiger partial charge in [-0.25, -0.2) is 0 Å². The maximum absolute atomic E-state index is 9.37. The van der Waals surface area contributed by atoms with E-state index in [0.717, 1.165) is 17.9 Å². The molecule has 1 rings (SSSR count). The van der Waals surface area contributed by atoms with Crippen LogP contribution in [0.5, 0.6) is 0 Å². The minimum atomic E-state index is 0.108. The largest absolute Gasteiger partial charge is 0.411 e. The number of unbranched alkanes of at least 4 members (excludes halogenated alkanes) is 7. The lowest BCUT2D eigenvalue weighted by Crippen LogP contribution is -2.18. The molecule has 0 aromatic heterocycles. The lowest BCUT2D eigenvalue weighted by molar-refractivity contribution is 0.0944. The molecule has 0 saturated heterocycles. The molecule has 0 aliphatic carbocycles. The molecule has 0 aliphatic rings. The van der Waals surface area contributed by atoms with Gasteiger partial charge in [0.15, 0.2) is 0 Å². The Labute approximate surface area is 167 Å². The predicted octanol–water partition coefficient (Wildman–Crippen LogP) is 7.22. The van der Waals surface area contributed by atoms with Crippen LogP contribution in [-0.2, 0) is 4.74 Å². The van der Waals surface area contributed by atoms with Gasteiger partial charge in [-0.05, 0) is 24.3 Å². The van der Waals surface area contributed by atoms with Crippen molar-refractivity contribution >= 4 is 5.71 Å². The first-order chi connectivity index (χ1) is 13.2. The number of hydrogen-bond donors (Lipinski definition) is 1. The van der Waals surface area contributed by atoms with E-state index in [1.165, 1.54) is 64.2 Å².